The zero-order chi connectivity index (χ0) is 17.6. The molecule has 4 nitrogen and oxygen atoms in total. The normalized spacial score (nSPS) is 12.2. The van der Waals surface area contributed by atoms with Crippen LogP contribution in [0.3, 0.4) is 0 Å². The molecule has 0 aliphatic heterocycles. The van der Waals surface area contributed by atoms with Crippen LogP contribution >= 0.6 is 0 Å². The first-order chi connectivity index (χ1) is 12.1. The van der Waals surface area contributed by atoms with Gasteiger partial charge in [0.05, 0.1) is 12.2 Å². The molecule has 25 heavy (non-hydrogen) atoms. The summed E-state index contributed by atoms with van der Waals surface area (Å²) in [6.07, 6.45) is 6.87. The van der Waals surface area contributed by atoms with Crippen LogP contribution in [0.2, 0.25) is 0 Å². The average Bonchev–Trinajstić information content (AvgIpc) is 3.06. The number of aromatic nitrogens is 2. The molecule has 0 bridgehead atoms. The van der Waals surface area contributed by atoms with Gasteiger partial charge in [0.1, 0.15) is 0 Å². The van der Waals surface area contributed by atoms with E-state index in [4.69, 9.17) is 0 Å². The Hall–Kier alpha value is -3.14. The van der Waals surface area contributed by atoms with Crippen molar-refractivity contribution < 1.29 is 4.79 Å². The van der Waals surface area contributed by atoms with E-state index < -0.39 is 0 Å². The lowest BCUT2D eigenvalue weighted by Gasteiger charge is -2.13. The third-order valence-electron chi connectivity index (χ3n) is 4.03. The van der Waals surface area contributed by atoms with Gasteiger partial charge in [-0.25, -0.2) is 0 Å². The van der Waals surface area contributed by atoms with Gasteiger partial charge < -0.3 is 5.32 Å². The van der Waals surface area contributed by atoms with Gasteiger partial charge in [-0.3, -0.25) is 9.48 Å². The Labute approximate surface area is 147 Å². The SMILES string of the molecule is CC(NC(=O)/C=C/c1cnn(C)c1)c1ccc(-c2ccccc2)cc1. The van der Waals surface area contributed by atoms with E-state index in [1.807, 2.05) is 38.4 Å². The predicted octanol–water partition coefficient (Wildman–Crippen LogP) is 3.98. The lowest BCUT2D eigenvalue weighted by Crippen LogP contribution is -2.24. The van der Waals surface area contributed by atoms with Gasteiger partial charge in [0.2, 0.25) is 5.91 Å². The minimum Gasteiger partial charge on any atom is -0.346 e. The summed E-state index contributed by atoms with van der Waals surface area (Å²) in [6, 6.07) is 18.5. The van der Waals surface area contributed by atoms with Gasteiger partial charge in [-0.2, -0.15) is 5.10 Å². The maximum Gasteiger partial charge on any atom is 0.244 e. The second-order valence-corrected chi connectivity index (χ2v) is 6.00. The standard InChI is InChI=1S/C21H21N3O/c1-16(23-21(25)13-8-17-14-22-24(2)15-17)18-9-11-20(12-10-18)19-6-4-3-5-7-19/h3-16H,1-2H3,(H,23,25)/b13-8+. The van der Waals surface area contributed by atoms with E-state index >= 15 is 0 Å². The number of carbonyl (C=O) groups excluding carboxylic acids is 1. The first-order valence-corrected chi connectivity index (χ1v) is 8.24. The fraction of sp³-hybridized carbons (Fsp3) is 0.143. The highest BCUT2D eigenvalue weighted by Crippen LogP contribution is 2.21. The smallest absolute Gasteiger partial charge is 0.244 e. The highest BCUT2D eigenvalue weighted by molar-refractivity contribution is 5.91. The molecule has 1 N–H and O–H groups in total. The molecular weight excluding hydrogens is 310 g/mol. The van der Waals surface area contributed by atoms with Gasteiger partial charge >= 0.3 is 0 Å². The molecule has 0 aliphatic carbocycles. The first kappa shape index (κ1) is 16.7. The summed E-state index contributed by atoms with van der Waals surface area (Å²) in [5.74, 6) is -0.122. The molecule has 1 aromatic heterocycles. The summed E-state index contributed by atoms with van der Waals surface area (Å²) in [5.41, 5.74) is 4.32. The van der Waals surface area contributed by atoms with E-state index in [1.165, 1.54) is 17.2 Å². The average molecular weight is 331 g/mol. The third-order valence-corrected chi connectivity index (χ3v) is 4.03. The summed E-state index contributed by atoms with van der Waals surface area (Å²) in [6.45, 7) is 1.98. The Morgan fingerprint density at radius 3 is 2.40 bits per heavy atom. The van der Waals surface area contributed by atoms with Crippen molar-refractivity contribution in [1.82, 2.24) is 15.1 Å². The Morgan fingerprint density at radius 1 is 1.08 bits per heavy atom. The van der Waals surface area contributed by atoms with Crippen LogP contribution < -0.4 is 5.32 Å². The fourth-order valence-electron chi connectivity index (χ4n) is 2.64. The maximum atomic E-state index is 12.1. The molecule has 0 saturated carbocycles. The maximum absolute atomic E-state index is 12.1. The van der Waals surface area contributed by atoms with E-state index in [9.17, 15) is 4.79 Å². The van der Waals surface area contributed by atoms with Gasteiger partial charge in [0.15, 0.2) is 0 Å². The fourth-order valence-corrected chi connectivity index (χ4v) is 2.64. The minimum atomic E-state index is -0.122. The molecule has 0 fully saturated rings. The zero-order valence-electron chi connectivity index (χ0n) is 14.4. The quantitative estimate of drug-likeness (QED) is 0.719. The van der Waals surface area contributed by atoms with Crippen LogP contribution in [0.25, 0.3) is 17.2 Å². The van der Waals surface area contributed by atoms with Crippen molar-refractivity contribution >= 4 is 12.0 Å². The Morgan fingerprint density at radius 2 is 1.76 bits per heavy atom. The Kier molecular flexibility index (Phi) is 5.09. The Bertz CT molecular complexity index is 864. The first-order valence-electron chi connectivity index (χ1n) is 8.24. The molecule has 0 radical (unpaired) electrons. The second kappa shape index (κ2) is 7.62. The molecule has 3 aromatic rings. The van der Waals surface area contributed by atoms with E-state index in [0.29, 0.717) is 0 Å². The number of benzene rings is 2. The number of rotatable bonds is 5. The number of nitrogens with one attached hydrogen (secondary N) is 1. The van der Waals surface area contributed by atoms with E-state index in [0.717, 1.165) is 11.1 Å². The van der Waals surface area contributed by atoms with Crippen molar-refractivity contribution in [2.45, 2.75) is 13.0 Å². The summed E-state index contributed by atoms with van der Waals surface area (Å²) < 4.78 is 1.70. The highest BCUT2D eigenvalue weighted by atomic mass is 16.1. The van der Waals surface area contributed by atoms with Crippen LogP contribution in [0.4, 0.5) is 0 Å². The number of aryl methyl sites for hydroxylation is 1. The van der Waals surface area contributed by atoms with Crippen molar-refractivity contribution in [3.63, 3.8) is 0 Å². The third kappa shape index (κ3) is 4.44. The predicted molar refractivity (Wildman–Crippen MR) is 101 cm³/mol. The van der Waals surface area contributed by atoms with Crippen LogP contribution in [0, 0.1) is 0 Å². The molecular formula is C21H21N3O. The number of hydrogen-bond acceptors (Lipinski definition) is 2. The van der Waals surface area contributed by atoms with Gasteiger partial charge in [-0.1, -0.05) is 54.6 Å². The molecule has 4 heteroatoms. The van der Waals surface area contributed by atoms with Gasteiger partial charge in [-0.15, -0.1) is 0 Å². The number of amides is 1. The molecule has 3 rings (SSSR count). The largest absolute Gasteiger partial charge is 0.346 e. The Balaban J connectivity index is 1.62. The molecule has 0 aliphatic rings. The van der Waals surface area contributed by atoms with Crippen LogP contribution in [-0.4, -0.2) is 15.7 Å². The monoisotopic (exact) mass is 331 g/mol. The summed E-state index contributed by atoms with van der Waals surface area (Å²) >= 11 is 0. The molecule has 1 heterocycles. The molecule has 1 amide bonds. The van der Waals surface area contributed by atoms with Gasteiger partial charge in [0.25, 0.3) is 0 Å². The van der Waals surface area contributed by atoms with Crippen molar-refractivity contribution in [3.05, 3.63) is 84.2 Å². The van der Waals surface area contributed by atoms with Crippen LogP contribution in [0.1, 0.15) is 24.1 Å². The van der Waals surface area contributed by atoms with Crippen molar-refractivity contribution in [2.75, 3.05) is 0 Å². The summed E-state index contributed by atoms with van der Waals surface area (Å²) in [7, 11) is 1.85. The molecule has 2 aromatic carbocycles. The van der Waals surface area contributed by atoms with Crippen LogP contribution in [0.15, 0.2) is 73.1 Å². The lowest BCUT2D eigenvalue weighted by molar-refractivity contribution is -0.117. The molecule has 0 saturated heterocycles. The van der Waals surface area contributed by atoms with E-state index in [-0.39, 0.29) is 11.9 Å². The van der Waals surface area contributed by atoms with E-state index in [2.05, 4.69) is 46.8 Å². The van der Waals surface area contributed by atoms with Crippen LogP contribution in [0.5, 0.6) is 0 Å². The summed E-state index contributed by atoms with van der Waals surface area (Å²) in [5, 5.41) is 7.05. The van der Waals surface area contributed by atoms with E-state index in [1.54, 1.807) is 17.0 Å². The molecule has 1 atom stereocenters. The summed E-state index contributed by atoms with van der Waals surface area (Å²) in [4.78, 5) is 12.1. The van der Waals surface area contributed by atoms with Crippen LogP contribution in [-0.2, 0) is 11.8 Å². The highest BCUT2D eigenvalue weighted by Gasteiger charge is 2.08. The molecule has 1 unspecified atom stereocenters. The minimum absolute atomic E-state index is 0.0594. The molecule has 0 spiro atoms. The number of nitrogens with zero attached hydrogens (tertiary/aromatic N) is 2. The lowest BCUT2D eigenvalue weighted by atomic mass is 10.0. The van der Waals surface area contributed by atoms with Crippen molar-refractivity contribution in [3.8, 4) is 11.1 Å². The topological polar surface area (TPSA) is 46.9 Å². The second-order valence-electron chi connectivity index (χ2n) is 6.00. The number of carbonyl (C=O) groups is 1. The molecule has 126 valence electrons. The van der Waals surface area contributed by atoms with Gasteiger partial charge in [-0.05, 0) is 29.7 Å². The number of hydrogen-bond donors (Lipinski definition) is 1. The van der Waals surface area contributed by atoms with Crippen molar-refractivity contribution in [1.29, 1.82) is 0 Å². The zero-order valence-corrected chi connectivity index (χ0v) is 14.4. The van der Waals surface area contributed by atoms with Gasteiger partial charge in [0, 0.05) is 24.9 Å². The van der Waals surface area contributed by atoms with Crippen molar-refractivity contribution in [2.24, 2.45) is 7.05 Å².